The predicted molar refractivity (Wildman–Crippen MR) is 111 cm³/mol. The Bertz CT molecular complexity index is 970. The van der Waals surface area contributed by atoms with Crippen LogP contribution in [0.5, 0.6) is 0 Å². The minimum absolute atomic E-state index is 0.177. The highest BCUT2D eigenvalue weighted by molar-refractivity contribution is 9.10. The maximum atomic E-state index is 14.5. The molecule has 0 unspecified atom stereocenters. The number of hydrogen-bond donors (Lipinski definition) is 0. The molecule has 0 saturated heterocycles. The Kier molecular flexibility index (Phi) is 4.92. The molecule has 26 heavy (non-hydrogen) atoms. The molecule has 1 heterocycles. The van der Waals surface area contributed by atoms with E-state index in [1.807, 2.05) is 65.7 Å². The van der Waals surface area contributed by atoms with Gasteiger partial charge in [0.1, 0.15) is 5.82 Å². The molecule has 0 bridgehead atoms. The van der Waals surface area contributed by atoms with Crippen LogP contribution in [-0.4, -0.2) is 5.71 Å². The molecular weight excluding hydrogens is 459 g/mol. The fraction of sp³-hybridized carbons (Fsp3) is 0.0952. The van der Waals surface area contributed by atoms with Crippen molar-refractivity contribution < 1.29 is 4.39 Å². The Hall–Kier alpha value is -1.98. The summed E-state index contributed by atoms with van der Waals surface area (Å²) >= 11 is 6.98. The summed E-state index contributed by atoms with van der Waals surface area (Å²) in [5.41, 5.74) is 3.58. The number of anilines is 1. The maximum absolute atomic E-state index is 14.5. The summed E-state index contributed by atoms with van der Waals surface area (Å²) in [5.74, 6) is -0.204. The van der Waals surface area contributed by atoms with Gasteiger partial charge in [0.15, 0.2) is 0 Å². The fourth-order valence-corrected chi connectivity index (χ4v) is 3.82. The molecule has 0 fully saturated rings. The summed E-state index contributed by atoms with van der Waals surface area (Å²) < 4.78 is 16.5. The molecule has 0 amide bonds. The van der Waals surface area contributed by atoms with Gasteiger partial charge in [-0.1, -0.05) is 68.3 Å². The van der Waals surface area contributed by atoms with Crippen molar-refractivity contribution in [1.29, 1.82) is 0 Å². The summed E-state index contributed by atoms with van der Waals surface area (Å²) in [4.78, 5) is 0. The van der Waals surface area contributed by atoms with Crippen LogP contribution in [0, 0.1) is 5.82 Å². The molecule has 5 heteroatoms. The van der Waals surface area contributed by atoms with Crippen molar-refractivity contribution in [3.63, 3.8) is 0 Å². The van der Waals surface area contributed by atoms with Gasteiger partial charge in [-0.2, -0.15) is 5.10 Å². The molecule has 3 aromatic rings. The molecule has 0 saturated carbocycles. The van der Waals surface area contributed by atoms with Crippen molar-refractivity contribution in [3.05, 3.63) is 98.7 Å². The number of hydrogen-bond acceptors (Lipinski definition) is 2. The van der Waals surface area contributed by atoms with Gasteiger partial charge in [-0.05, 0) is 42.0 Å². The van der Waals surface area contributed by atoms with Crippen molar-refractivity contribution in [3.8, 4) is 0 Å². The summed E-state index contributed by atoms with van der Waals surface area (Å²) in [7, 11) is 0. The van der Waals surface area contributed by atoms with E-state index in [2.05, 4.69) is 31.9 Å². The Balaban J connectivity index is 1.78. The highest BCUT2D eigenvalue weighted by Gasteiger charge is 2.31. The SMILES string of the molecule is Fc1ccccc1[C@@H]1CC(c2ccc(Br)cc2)=NN1c1cccc(Br)c1. The third kappa shape index (κ3) is 3.46. The third-order valence-corrected chi connectivity index (χ3v) is 5.45. The fourth-order valence-electron chi connectivity index (χ4n) is 3.17. The number of hydrazone groups is 1. The highest BCUT2D eigenvalue weighted by Crippen LogP contribution is 2.38. The van der Waals surface area contributed by atoms with Gasteiger partial charge in [0, 0.05) is 20.9 Å². The first-order valence-electron chi connectivity index (χ1n) is 8.24. The standard InChI is InChI=1S/C21H15Br2FN2/c22-15-10-8-14(9-11-15)20-13-21(18-6-1-2-7-19(18)24)26(25-20)17-5-3-4-16(23)12-17/h1-12,21H,13H2/t21-/m0/s1. The summed E-state index contributed by atoms with van der Waals surface area (Å²) in [6.45, 7) is 0. The molecule has 0 spiro atoms. The smallest absolute Gasteiger partial charge is 0.128 e. The lowest BCUT2D eigenvalue weighted by molar-refractivity contribution is 0.579. The van der Waals surface area contributed by atoms with E-state index in [0.717, 1.165) is 25.9 Å². The van der Waals surface area contributed by atoms with E-state index >= 15 is 0 Å². The molecule has 130 valence electrons. The van der Waals surface area contributed by atoms with Gasteiger partial charge in [-0.3, -0.25) is 5.01 Å². The van der Waals surface area contributed by atoms with Crippen molar-refractivity contribution in [2.24, 2.45) is 5.10 Å². The van der Waals surface area contributed by atoms with Crippen LogP contribution in [0.1, 0.15) is 23.6 Å². The number of halogens is 3. The van der Waals surface area contributed by atoms with Gasteiger partial charge < -0.3 is 0 Å². The van der Waals surface area contributed by atoms with Crippen LogP contribution in [0.25, 0.3) is 0 Å². The average Bonchev–Trinajstić information content (AvgIpc) is 3.08. The van der Waals surface area contributed by atoms with E-state index in [9.17, 15) is 4.39 Å². The van der Waals surface area contributed by atoms with Crippen molar-refractivity contribution in [1.82, 2.24) is 0 Å². The van der Waals surface area contributed by atoms with E-state index < -0.39 is 0 Å². The van der Waals surface area contributed by atoms with Crippen LogP contribution in [0.15, 0.2) is 86.8 Å². The summed E-state index contributed by atoms with van der Waals surface area (Å²) in [6, 6.07) is 22.7. The zero-order valence-electron chi connectivity index (χ0n) is 13.7. The molecule has 1 aliphatic heterocycles. The van der Waals surface area contributed by atoms with Crippen molar-refractivity contribution >= 4 is 43.3 Å². The van der Waals surface area contributed by atoms with Crippen LogP contribution >= 0.6 is 31.9 Å². The van der Waals surface area contributed by atoms with Gasteiger partial charge in [0.25, 0.3) is 0 Å². The quantitative estimate of drug-likeness (QED) is 0.412. The summed E-state index contributed by atoms with van der Waals surface area (Å²) in [6.07, 6.45) is 0.648. The van der Waals surface area contributed by atoms with Crippen LogP contribution < -0.4 is 5.01 Å². The van der Waals surface area contributed by atoms with Crippen molar-refractivity contribution in [2.75, 3.05) is 5.01 Å². The van der Waals surface area contributed by atoms with Crippen LogP contribution in [-0.2, 0) is 0 Å². The zero-order chi connectivity index (χ0) is 18.1. The molecule has 3 aromatic carbocycles. The van der Waals surface area contributed by atoms with Crippen LogP contribution in [0.3, 0.4) is 0 Å². The number of rotatable bonds is 3. The zero-order valence-corrected chi connectivity index (χ0v) is 16.9. The monoisotopic (exact) mass is 472 g/mol. The molecule has 4 rings (SSSR count). The van der Waals surface area contributed by atoms with Gasteiger partial charge in [-0.15, -0.1) is 0 Å². The Morgan fingerprint density at radius 2 is 1.65 bits per heavy atom. The molecule has 2 nitrogen and oxygen atoms in total. The second-order valence-electron chi connectivity index (χ2n) is 6.12. The molecule has 0 N–H and O–H groups in total. The first kappa shape index (κ1) is 17.4. The molecule has 0 aliphatic carbocycles. The second kappa shape index (κ2) is 7.33. The normalized spacial score (nSPS) is 16.7. The van der Waals surface area contributed by atoms with Crippen molar-refractivity contribution in [2.45, 2.75) is 12.5 Å². The van der Waals surface area contributed by atoms with Crippen LogP contribution in [0.2, 0.25) is 0 Å². The topological polar surface area (TPSA) is 15.6 Å². The summed E-state index contributed by atoms with van der Waals surface area (Å²) in [5, 5.41) is 6.76. The molecule has 0 aromatic heterocycles. The molecule has 1 aliphatic rings. The van der Waals surface area contributed by atoms with Gasteiger partial charge in [0.05, 0.1) is 17.4 Å². The Morgan fingerprint density at radius 3 is 2.38 bits per heavy atom. The maximum Gasteiger partial charge on any atom is 0.128 e. The first-order chi connectivity index (χ1) is 12.6. The van der Waals surface area contributed by atoms with E-state index in [1.165, 1.54) is 6.07 Å². The number of benzene rings is 3. The molecular formula is C21H15Br2FN2. The average molecular weight is 474 g/mol. The predicted octanol–water partition coefficient (Wildman–Crippen LogP) is 6.71. The minimum atomic E-state index is -0.204. The largest absolute Gasteiger partial charge is 0.257 e. The minimum Gasteiger partial charge on any atom is -0.257 e. The van der Waals surface area contributed by atoms with E-state index in [1.54, 1.807) is 6.07 Å². The van der Waals surface area contributed by atoms with Gasteiger partial charge in [-0.25, -0.2) is 4.39 Å². The van der Waals surface area contributed by atoms with E-state index in [0.29, 0.717) is 12.0 Å². The van der Waals surface area contributed by atoms with Gasteiger partial charge >= 0.3 is 0 Å². The highest BCUT2D eigenvalue weighted by atomic mass is 79.9. The lowest BCUT2D eigenvalue weighted by Gasteiger charge is -2.24. The number of nitrogens with zero attached hydrogens (tertiary/aromatic N) is 2. The second-order valence-corrected chi connectivity index (χ2v) is 7.95. The third-order valence-electron chi connectivity index (χ3n) is 4.42. The van der Waals surface area contributed by atoms with Crippen LogP contribution in [0.4, 0.5) is 10.1 Å². The van der Waals surface area contributed by atoms with E-state index in [-0.39, 0.29) is 11.9 Å². The van der Waals surface area contributed by atoms with E-state index in [4.69, 9.17) is 5.10 Å². The molecule has 0 radical (unpaired) electrons. The molecule has 1 atom stereocenters. The lowest BCUT2D eigenvalue weighted by atomic mass is 9.98. The Morgan fingerprint density at radius 1 is 0.885 bits per heavy atom. The first-order valence-corrected chi connectivity index (χ1v) is 9.83. The lowest BCUT2D eigenvalue weighted by Crippen LogP contribution is -2.19. The van der Waals surface area contributed by atoms with Gasteiger partial charge in [0.2, 0.25) is 0 Å². The Labute approximate surface area is 168 Å².